The van der Waals surface area contributed by atoms with Crippen molar-refractivity contribution in [2.75, 3.05) is 13.2 Å². The highest BCUT2D eigenvalue weighted by atomic mass is 32.1. The van der Waals surface area contributed by atoms with Gasteiger partial charge in [-0.05, 0) is 24.5 Å². The van der Waals surface area contributed by atoms with E-state index in [2.05, 4.69) is 6.92 Å². The Morgan fingerprint density at radius 3 is 2.76 bits per heavy atom. The Morgan fingerprint density at radius 2 is 2.24 bits per heavy atom. The third-order valence-corrected chi connectivity index (χ3v) is 4.76. The van der Waals surface area contributed by atoms with E-state index in [9.17, 15) is 14.7 Å². The number of carbonyl (C=O) groups excluding carboxylic acids is 1. The first-order valence-electron chi connectivity index (χ1n) is 7.16. The van der Waals surface area contributed by atoms with Crippen molar-refractivity contribution in [3.8, 4) is 0 Å². The smallest absolute Gasteiger partial charge is 0.335 e. The molecule has 2 unspecified atom stereocenters. The first-order valence-corrected chi connectivity index (χ1v) is 7.98. The van der Waals surface area contributed by atoms with Crippen molar-refractivity contribution in [2.24, 2.45) is 5.92 Å². The molecular weight excluding hydrogens is 290 g/mol. The molecule has 0 bridgehead atoms. The van der Waals surface area contributed by atoms with Crippen molar-refractivity contribution >= 4 is 23.2 Å². The molecule has 1 aromatic heterocycles. The number of carbonyl (C=O) groups is 2. The van der Waals surface area contributed by atoms with Crippen LogP contribution in [0.15, 0.2) is 12.1 Å². The number of carboxylic acid groups (broad SMARTS) is 1. The van der Waals surface area contributed by atoms with Crippen LogP contribution in [0.4, 0.5) is 0 Å². The number of ether oxygens (including phenoxy) is 1. The van der Waals surface area contributed by atoms with Crippen LogP contribution in [0.3, 0.4) is 0 Å². The van der Waals surface area contributed by atoms with Crippen molar-refractivity contribution in [1.82, 2.24) is 4.90 Å². The summed E-state index contributed by atoms with van der Waals surface area (Å²) < 4.78 is 5.29. The monoisotopic (exact) mass is 311 g/mol. The molecule has 1 aliphatic heterocycles. The van der Waals surface area contributed by atoms with Crippen molar-refractivity contribution in [2.45, 2.75) is 39.3 Å². The van der Waals surface area contributed by atoms with E-state index < -0.39 is 18.1 Å². The lowest BCUT2D eigenvalue weighted by molar-refractivity contribution is -0.173. The summed E-state index contributed by atoms with van der Waals surface area (Å²) in [4.78, 5) is 27.4. The van der Waals surface area contributed by atoms with Crippen molar-refractivity contribution in [3.63, 3.8) is 0 Å². The molecule has 0 radical (unpaired) electrons. The molecule has 0 aliphatic carbocycles. The predicted molar refractivity (Wildman–Crippen MR) is 80.4 cm³/mol. The Kier molecular flexibility index (Phi) is 5.00. The van der Waals surface area contributed by atoms with Crippen LogP contribution in [0.25, 0.3) is 0 Å². The van der Waals surface area contributed by atoms with Gasteiger partial charge in [0.25, 0.3) is 0 Å². The summed E-state index contributed by atoms with van der Waals surface area (Å²) in [7, 11) is 0. The summed E-state index contributed by atoms with van der Waals surface area (Å²) in [5, 5.41) is 9.41. The molecule has 0 aromatic carbocycles. The molecule has 0 saturated carbocycles. The highest BCUT2D eigenvalue weighted by Gasteiger charge is 2.42. The normalized spacial score (nSPS) is 22.9. The van der Waals surface area contributed by atoms with Gasteiger partial charge in [-0.1, -0.05) is 20.8 Å². The van der Waals surface area contributed by atoms with E-state index in [-0.39, 0.29) is 18.4 Å². The molecule has 1 aromatic rings. The van der Waals surface area contributed by atoms with Gasteiger partial charge in [0.05, 0.1) is 0 Å². The lowest BCUT2D eigenvalue weighted by atomic mass is 10.0. The molecule has 116 valence electrons. The summed E-state index contributed by atoms with van der Waals surface area (Å²) in [6.07, 6.45) is -0.0986. The fraction of sp³-hybridized carbons (Fsp3) is 0.600. The van der Waals surface area contributed by atoms with Gasteiger partial charge in [-0.25, -0.2) is 4.79 Å². The number of carboxylic acids is 1. The minimum Gasteiger partial charge on any atom is -0.479 e. The number of morpholine rings is 1. The van der Waals surface area contributed by atoms with Gasteiger partial charge in [0.1, 0.15) is 12.6 Å². The average Bonchev–Trinajstić information content (AvgIpc) is 2.88. The Labute approximate surface area is 128 Å². The number of aliphatic carboxylic acids is 1. The first kappa shape index (κ1) is 16.0. The van der Waals surface area contributed by atoms with Gasteiger partial charge in [0.2, 0.25) is 5.91 Å². The van der Waals surface area contributed by atoms with Crippen LogP contribution in [0.2, 0.25) is 0 Å². The number of rotatable bonds is 5. The zero-order valence-corrected chi connectivity index (χ0v) is 13.4. The van der Waals surface area contributed by atoms with Gasteiger partial charge in [0.15, 0.2) is 6.10 Å². The van der Waals surface area contributed by atoms with Gasteiger partial charge in [-0.15, -0.1) is 11.3 Å². The number of aryl methyl sites for hydroxylation is 1. The van der Waals surface area contributed by atoms with Crippen LogP contribution >= 0.6 is 11.3 Å². The topological polar surface area (TPSA) is 66.8 Å². The molecule has 1 amide bonds. The number of thiophene rings is 1. The maximum Gasteiger partial charge on any atom is 0.335 e. The highest BCUT2D eigenvalue weighted by Crippen LogP contribution is 2.35. The molecule has 1 fully saturated rings. The van der Waals surface area contributed by atoms with E-state index in [4.69, 9.17) is 4.74 Å². The lowest BCUT2D eigenvalue weighted by Gasteiger charge is -2.39. The minimum atomic E-state index is -1.02. The zero-order valence-electron chi connectivity index (χ0n) is 12.5. The van der Waals surface area contributed by atoms with E-state index in [1.165, 1.54) is 4.88 Å². The molecule has 1 aliphatic rings. The molecule has 2 rings (SSSR count). The van der Waals surface area contributed by atoms with E-state index in [1.807, 2.05) is 26.0 Å². The molecule has 5 nitrogen and oxygen atoms in total. The lowest BCUT2D eigenvalue weighted by Crippen LogP contribution is -2.52. The van der Waals surface area contributed by atoms with Gasteiger partial charge in [-0.2, -0.15) is 0 Å². The number of hydrogen-bond acceptors (Lipinski definition) is 4. The molecule has 0 spiro atoms. The van der Waals surface area contributed by atoms with Crippen LogP contribution in [0.5, 0.6) is 0 Å². The fourth-order valence-electron chi connectivity index (χ4n) is 2.52. The van der Waals surface area contributed by atoms with Crippen LogP contribution in [-0.4, -0.2) is 41.1 Å². The molecule has 1 N–H and O–H groups in total. The number of hydrogen-bond donors (Lipinski definition) is 1. The summed E-state index contributed by atoms with van der Waals surface area (Å²) >= 11 is 1.56. The van der Waals surface area contributed by atoms with E-state index in [0.717, 1.165) is 11.3 Å². The molecule has 21 heavy (non-hydrogen) atoms. The van der Waals surface area contributed by atoms with Gasteiger partial charge in [0, 0.05) is 16.3 Å². The highest BCUT2D eigenvalue weighted by molar-refractivity contribution is 7.12. The minimum absolute atomic E-state index is 0.141. The Morgan fingerprint density at radius 1 is 1.52 bits per heavy atom. The van der Waals surface area contributed by atoms with Crippen LogP contribution in [0.1, 0.15) is 36.6 Å². The summed E-state index contributed by atoms with van der Waals surface area (Å²) in [6.45, 7) is 6.46. The molecule has 6 heteroatoms. The van der Waals surface area contributed by atoms with E-state index in [1.54, 1.807) is 16.2 Å². The van der Waals surface area contributed by atoms with Crippen LogP contribution in [-0.2, 0) is 20.7 Å². The molecule has 2 atom stereocenters. The number of nitrogens with zero attached hydrogens (tertiary/aromatic N) is 1. The maximum atomic E-state index is 12.2. The largest absolute Gasteiger partial charge is 0.479 e. The van der Waals surface area contributed by atoms with E-state index in [0.29, 0.717) is 6.54 Å². The second-order valence-corrected chi connectivity index (χ2v) is 6.81. The fourth-order valence-corrected chi connectivity index (χ4v) is 3.61. The van der Waals surface area contributed by atoms with E-state index >= 15 is 0 Å². The van der Waals surface area contributed by atoms with Gasteiger partial charge >= 0.3 is 5.97 Å². The third kappa shape index (κ3) is 3.44. The quantitative estimate of drug-likeness (QED) is 0.906. The summed E-state index contributed by atoms with van der Waals surface area (Å²) in [5.74, 6) is -0.889. The van der Waals surface area contributed by atoms with Crippen molar-refractivity contribution < 1.29 is 19.4 Å². The second-order valence-electron chi connectivity index (χ2n) is 5.61. The standard InChI is InChI=1S/C15H21NO4S/c1-4-10-5-6-11(21-10)13-14(15(18)19)20-8-12(17)16(13)7-9(2)3/h5-6,9,13-14H,4,7-8H2,1-3H3,(H,18,19). The SMILES string of the molecule is CCc1ccc(C2C(C(=O)O)OCC(=O)N2CC(C)C)s1. The summed E-state index contributed by atoms with van der Waals surface area (Å²) in [6, 6.07) is 3.38. The Balaban J connectivity index is 2.38. The van der Waals surface area contributed by atoms with Gasteiger partial charge < -0.3 is 14.7 Å². The summed E-state index contributed by atoms with van der Waals surface area (Å²) in [5.41, 5.74) is 0. The molecular formula is C15H21NO4S. The second kappa shape index (κ2) is 6.58. The Bertz CT molecular complexity index is 525. The van der Waals surface area contributed by atoms with Crippen molar-refractivity contribution in [3.05, 3.63) is 21.9 Å². The van der Waals surface area contributed by atoms with Gasteiger partial charge in [-0.3, -0.25) is 4.79 Å². The van der Waals surface area contributed by atoms with Crippen molar-refractivity contribution in [1.29, 1.82) is 0 Å². The average molecular weight is 311 g/mol. The Hall–Kier alpha value is -1.40. The molecule has 1 saturated heterocycles. The maximum absolute atomic E-state index is 12.2. The first-order chi connectivity index (χ1) is 9.93. The predicted octanol–water partition coefficient (Wildman–Crippen LogP) is 2.32. The third-order valence-electron chi connectivity index (χ3n) is 3.46. The van der Waals surface area contributed by atoms with Crippen LogP contribution < -0.4 is 0 Å². The zero-order chi connectivity index (χ0) is 15.6. The molecule has 2 heterocycles. The van der Waals surface area contributed by atoms with Crippen LogP contribution in [0, 0.1) is 5.92 Å². The number of amides is 1.